The van der Waals surface area contributed by atoms with Gasteiger partial charge in [0.05, 0.1) is 22.5 Å². The standard InChI is InChI=1S/C38H44Br2N2O2/c1-3-5-7-9-11-13-23-41-33-25-32-34(26-31(33)35(37(41)43)27-15-19-29(39)20-16-27)42(24-14-12-10-8-6-4-2)38(44)36(32)28-17-21-30(40)22-18-28/h15-22,25-26H,3-14,23-24H2,1-2H3. The summed E-state index contributed by atoms with van der Waals surface area (Å²) in [6.07, 6.45) is 14.0. The lowest BCUT2D eigenvalue weighted by molar-refractivity contribution is -0.113. The zero-order valence-electron chi connectivity index (χ0n) is 26.1. The summed E-state index contributed by atoms with van der Waals surface area (Å²) in [6.45, 7) is 5.83. The van der Waals surface area contributed by atoms with Gasteiger partial charge in [0.2, 0.25) is 0 Å². The van der Waals surface area contributed by atoms with E-state index >= 15 is 0 Å². The lowest BCUT2D eigenvalue weighted by atomic mass is 10.0. The number of amides is 2. The summed E-state index contributed by atoms with van der Waals surface area (Å²) < 4.78 is 1.96. The zero-order chi connectivity index (χ0) is 31.1. The number of hydrogen-bond acceptors (Lipinski definition) is 2. The first-order valence-electron chi connectivity index (χ1n) is 16.5. The molecule has 6 heteroatoms. The lowest BCUT2D eigenvalue weighted by Crippen LogP contribution is -2.31. The van der Waals surface area contributed by atoms with Crippen LogP contribution in [0.25, 0.3) is 11.1 Å². The Hall–Kier alpha value is -2.70. The van der Waals surface area contributed by atoms with Gasteiger partial charge in [-0.2, -0.15) is 0 Å². The first-order valence-corrected chi connectivity index (χ1v) is 18.1. The van der Waals surface area contributed by atoms with E-state index in [4.69, 9.17) is 0 Å². The van der Waals surface area contributed by atoms with Crippen LogP contribution in [0.1, 0.15) is 102 Å². The van der Waals surface area contributed by atoms with Crippen LogP contribution in [0, 0.1) is 0 Å². The summed E-state index contributed by atoms with van der Waals surface area (Å²) in [5.74, 6) is 0.108. The number of fused-ring (bicyclic) bond motifs is 2. The van der Waals surface area contributed by atoms with E-state index in [1.807, 2.05) is 58.3 Å². The van der Waals surface area contributed by atoms with E-state index in [1.165, 1.54) is 51.4 Å². The summed E-state index contributed by atoms with van der Waals surface area (Å²) in [6, 6.07) is 20.3. The summed E-state index contributed by atoms with van der Waals surface area (Å²) in [7, 11) is 0. The van der Waals surface area contributed by atoms with E-state index < -0.39 is 0 Å². The molecule has 5 rings (SSSR count). The highest BCUT2D eigenvalue weighted by Gasteiger charge is 2.35. The number of halogens is 2. The maximum absolute atomic E-state index is 14.2. The summed E-state index contributed by atoms with van der Waals surface area (Å²) in [5, 5.41) is 1.86. The van der Waals surface area contributed by atoms with Crippen molar-refractivity contribution in [1.29, 1.82) is 0 Å². The van der Waals surface area contributed by atoms with Crippen molar-refractivity contribution >= 4 is 66.2 Å². The number of carbonyl (C=O) groups excluding carboxylic acids is 2. The van der Waals surface area contributed by atoms with Gasteiger partial charge in [0, 0.05) is 32.5 Å². The number of anilines is 2. The second-order valence-corrected chi connectivity index (χ2v) is 13.9. The number of unbranched alkanes of at least 4 members (excludes halogenated alkanes) is 10. The fraction of sp³-hybridized carbons (Fsp3) is 0.421. The first-order chi connectivity index (χ1) is 21.4. The van der Waals surface area contributed by atoms with Crippen molar-refractivity contribution in [3.63, 3.8) is 0 Å². The smallest absolute Gasteiger partial charge is 0.259 e. The molecule has 0 saturated heterocycles. The van der Waals surface area contributed by atoms with E-state index in [0.717, 1.165) is 78.7 Å². The normalized spacial score (nSPS) is 14.2. The molecule has 2 heterocycles. The van der Waals surface area contributed by atoms with E-state index in [0.29, 0.717) is 13.1 Å². The molecule has 0 unspecified atom stereocenters. The van der Waals surface area contributed by atoms with Gasteiger partial charge in [-0.05, 0) is 60.4 Å². The molecule has 0 saturated carbocycles. The highest BCUT2D eigenvalue weighted by molar-refractivity contribution is 9.10. The summed E-state index contributed by atoms with van der Waals surface area (Å²) in [5.41, 5.74) is 5.12. The molecular formula is C38H44Br2N2O2. The molecule has 0 fully saturated rings. The molecule has 0 N–H and O–H groups in total. The van der Waals surface area contributed by atoms with Crippen LogP contribution in [0.2, 0.25) is 0 Å². The average Bonchev–Trinajstić information content (AvgIpc) is 3.45. The SMILES string of the molecule is CCCCCCCCN1C(=O)C(c2ccc(Br)cc2)=c2cc3c(cc21)=C(c1ccc(Br)cc1)C(=O)N3CCCCCCCC. The Morgan fingerprint density at radius 1 is 0.500 bits per heavy atom. The molecule has 0 spiro atoms. The number of carbonyl (C=O) groups is 2. The third-order valence-electron chi connectivity index (χ3n) is 8.89. The lowest BCUT2D eigenvalue weighted by Gasteiger charge is -2.20. The van der Waals surface area contributed by atoms with E-state index in [9.17, 15) is 9.59 Å². The van der Waals surface area contributed by atoms with Gasteiger partial charge in [-0.1, -0.05) is 134 Å². The van der Waals surface area contributed by atoms with Crippen LogP contribution in [0.3, 0.4) is 0 Å². The first kappa shape index (κ1) is 32.7. The minimum atomic E-state index is 0.0542. The van der Waals surface area contributed by atoms with Gasteiger partial charge in [0.1, 0.15) is 0 Å². The quantitative estimate of drug-likeness (QED) is 0.139. The molecule has 0 atom stereocenters. The van der Waals surface area contributed by atoms with E-state index in [2.05, 4.69) is 57.8 Å². The largest absolute Gasteiger partial charge is 0.308 e. The molecule has 3 aromatic carbocycles. The molecule has 232 valence electrons. The zero-order valence-corrected chi connectivity index (χ0v) is 29.3. The molecule has 2 amide bonds. The van der Waals surface area contributed by atoms with Crippen molar-refractivity contribution in [2.75, 3.05) is 22.9 Å². The Morgan fingerprint density at radius 2 is 0.841 bits per heavy atom. The van der Waals surface area contributed by atoms with Crippen LogP contribution in [0.15, 0.2) is 69.6 Å². The maximum Gasteiger partial charge on any atom is 0.259 e. The molecule has 0 radical (unpaired) electrons. The Morgan fingerprint density at radius 3 is 1.20 bits per heavy atom. The molecule has 3 aromatic rings. The van der Waals surface area contributed by atoms with Gasteiger partial charge in [-0.15, -0.1) is 0 Å². The highest BCUT2D eigenvalue weighted by atomic mass is 79.9. The highest BCUT2D eigenvalue weighted by Crippen LogP contribution is 2.32. The predicted octanol–water partition coefficient (Wildman–Crippen LogP) is 9.02. The second-order valence-electron chi connectivity index (χ2n) is 12.1. The fourth-order valence-electron chi connectivity index (χ4n) is 6.48. The Labute approximate surface area is 279 Å². The molecular weight excluding hydrogens is 676 g/mol. The van der Waals surface area contributed by atoms with Crippen LogP contribution in [0.5, 0.6) is 0 Å². The van der Waals surface area contributed by atoms with Crippen LogP contribution in [0.4, 0.5) is 11.4 Å². The van der Waals surface area contributed by atoms with Gasteiger partial charge in [0.25, 0.3) is 11.8 Å². The van der Waals surface area contributed by atoms with Crippen molar-refractivity contribution in [3.8, 4) is 0 Å². The minimum Gasteiger partial charge on any atom is -0.308 e. The average molecular weight is 721 g/mol. The van der Waals surface area contributed by atoms with Crippen molar-refractivity contribution in [3.05, 3.63) is 91.2 Å². The van der Waals surface area contributed by atoms with Crippen LogP contribution in [-0.4, -0.2) is 24.9 Å². The molecule has 44 heavy (non-hydrogen) atoms. The van der Waals surface area contributed by atoms with Gasteiger partial charge in [-0.25, -0.2) is 0 Å². The maximum atomic E-state index is 14.2. The Balaban J connectivity index is 1.58. The second kappa shape index (κ2) is 15.5. The number of nitrogens with zero attached hydrogens (tertiary/aromatic N) is 2. The monoisotopic (exact) mass is 718 g/mol. The number of rotatable bonds is 16. The predicted molar refractivity (Wildman–Crippen MR) is 190 cm³/mol. The Bertz CT molecular complexity index is 1470. The Kier molecular flexibility index (Phi) is 11.5. The molecule has 4 nitrogen and oxygen atoms in total. The molecule has 0 aromatic heterocycles. The van der Waals surface area contributed by atoms with Crippen molar-refractivity contribution < 1.29 is 9.59 Å². The van der Waals surface area contributed by atoms with Crippen LogP contribution in [-0.2, 0) is 9.59 Å². The topological polar surface area (TPSA) is 40.6 Å². The van der Waals surface area contributed by atoms with Crippen molar-refractivity contribution in [2.45, 2.75) is 90.9 Å². The van der Waals surface area contributed by atoms with E-state index in [1.54, 1.807) is 0 Å². The molecule has 2 aliphatic heterocycles. The molecule has 2 aliphatic rings. The van der Waals surface area contributed by atoms with Gasteiger partial charge >= 0.3 is 0 Å². The molecule has 0 bridgehead atoms. The van der Waals surface area contributed by atoms with Gasteiger partial charge < -0.3 is 9.80 Å². The summed E-state index contributed by atoms with van der Waals surface area (Å²) >= 11 is 7.10. The number of hydrogen-bond donors (Lipinski definition) is 0. The van der Waals surface area contributed by atoms with Crippen molar-refractivity contribution in [1.82, 2.24) is 0 Å². The number of benzene rings is 3. The molecule has 0 aliphatic carbocycles. The minimum absolute atomic E-state index is 0.0542. The third kappa shape index (κ3) is 7.23. The van der Waals surface area contributed by atoms with E-state index in [-0.39, 0.29) is 11.8 Å². The fourth-order valence-corrected chi connectivity index (χ4v) is 7.01. The van der Waals surface area contributed by atoms with Crippen LogP contribution >= 0.6 is 31.9 Å². The van der Waals surface area contributed by atoms with Crippen LogP contribution < -0.4 is 20.2 Å². The van der Waals surface area contributed by atoms with Gasteiger partial charge in [0.15, 0.2) is 0 Å². The van der Waals surface area contributed by atoms with Crippen molar-refractivity contribution in [2.24, 2.45) is 0 Å². The van der Waals surface area contributed by atoms with Gasteiger partial charge in [-0.3, -0.25) is 9.59 Å². The third-order valence-corrected chi connectivity index (χ3v) is 9.95. The summed E-state index contributed by atoms with van der Waals surface area (Å²) in [4.78, 5) is 32.2.